The predicted molar refractivity (Wildman–Crippen MR) is 42.9 cm³/mol. The van der Waals surface area contributed by atoms with Gasteiger partial charge in [0.25, 0.3) is 0 Å². The lowest BCUT2D eigenvalue weighted by Crippen LogP contribution is -2.45. The van der Waals surface area contributed by atoms with Gasteiger partial charge < -0.3 is 14.7 Å². The van der Waals surface area contributed by atoms with Crippen LogP contribution in [-0.4, -0.2) is 42.4 Å². The summed E-state index contributed by atoms with van der Waals surface area (Å²) in [5.41, 5.74) is 0. The third-order valence-corrected chi connectivity index (χ3v) is 2.08. The van der Waals surface area contributed by atoms with Crippen molar-refractivity contribution in [2.45, 2.75) is 31.6 Å². The zero-order valence-electron chi connectivity index (χ0n) is 7.32. The quantitative estimate of drug-likeness (QED) is 0.593. The number of hydrogen-bond donors (Lipinski definition) is 1. The molecular weight excluding hydrogens is 142 g/mol. The maximum absolute atomic E-state index is 9.43. The molecule has 3 heteroatoms. The Bertz CT molecular complexity index is 127. The number of rotatable bonds is 1. The summed E-state index contributed by atoms with van der Waals surface area (Å²) < 4.78 is 5.17. The molecule has 3 atom stereocenters. The summed E-state index contributed by atoms with van der Waals surface area (Å²) in [5.74, 6) is 0. The first-order valence-corrected chi connectivity index (χ1v) is 3.94. The Hall–Kier alpha value is -0.120. The second kappa shape index (κ2) is 3.52. The van der Waals surface area contributed by atoms with E-state index in [-0.39, 0.29) is 12.1 Å². The predicted octanol–water partition coefficient (Wildman–Crippen LogP) is 0.248. The summed E-state index contributed by atoms with van der Waals surface area (Å²) in [5, 5.41) is 9.43. The van der Waals surface area contributed by atoms with E-state index in [1.54, 1.807) is 0 Å². The minimum atomic E-state index is -0.443. The molecular formula is C8H16NO2. The van der Waals surface area contributed by atoms with Crippen LogP contribution in [0.2, 0.25) is 0 Å². The number of likely N-dealkylation sites (N-methyl/N-ethyl adjacent to an activating group) is 1. The van der Waals surface area contributed by atoms with Crippen LogP contribution in [-0.2, 0) is 4.74 Å². The summed E-state index contributed by atoms with van der Waals surface area (Å²) >= 11 is 0. The van der Waals surface area contributed by atoms with E-state index < -0.39 is 6.10 Å². The van der Waals surface area contributed by atoms with Crippen LogP contribution in [0.25, 0.3) is 0 Å². The molecule has 0 aromatic carbocycles. The zero-order chi connectivity index (χ0) is 8.43. The monoisotopic (exact) mass is 158 g/mol. The van der Waals surface area contributed by atoms with E-state index in [1.807, 2.05) is 25.9 Å². The van der Waals surface area contributed by atoms with Crippen LogP contribution >= 0.6 is 0 Å². The van der Waals surface area contributed by atoms with Crippen molar-refractivity contribution in [1.82, 2.24) is 4.90 Å². The smallest absolute Gasteiger partial charge is 0.114 e. The van der Waals surface area contributed by atoms with Gasteiger partial charge in [-0.05, 0) is 27.4 Å². The molecule has 0 bridgehead atoms. The molecule has 1 N–H and O–H groups in total. The van der Waals surface area contributed by atoms with E-state index >= 15 is 0 Å². The van der Waals surface area contributed by atoms with Gasteiger partial charge in [-0.2, -0.15) is 0 Å². The van der Waals surface area contributed by atoms with Crippen molar-refractivity contribution in [2.75, 3.05) is 14.1 Å². The fourth-order valence-corrected chi connectivity index (χ4v) is 1.36. The molecule has 1 aliphatic heterocycles. The number of nitrogens with zero attached hydrogens (tertiary/aromatic N) is 1. The molecule has 0 aromatic heterocycles. The van der Waals surface area contributed by atoms with Gasteiger partial charge in [0.2, 0.25) is 0 Å². The molecule has 0 aliphatic carbocycles. The van der Waals surface area contributed by atoms with Gasteiger partial charge in [0, 0.05) is 6.04 Å². The lowest BCUT2D eigenvalue weighted by atomic mass is 10.0. The molecule has 0 unspecified atom stereocenters. The van der Waals surface area contributed by atoms with E-state index in [0.717, 1.165) is 6.42 Å². The SMILES string of the molecule is C[C@@H]1C[C@H](N(C)C)[C@@H](O)[CH]O1. The normalized spacial score (nSPS) is 39.5. The van der Waals surface area contributed by atoms with Gasteiger partial charge in [-0.3, -0.25) is 0 Å². The van der Waals surface area contributed by atoms with Gasteiger partial charge in [-0.15, -0.1) is 0 Å². The van der Waals surface area contributed by atoms with Crippen molar-refractivity contribution < 1.29 is 9.84 Å². The molecule has 1 fully saturated rings. The number of aliphatic hydroxyl groups is 1. The van der Waals surface area contributed by atoms with Crippen LogP contribution in [0.15, 0.2) is 0 Å². The van der Waals surface area contributed by atoms with E-state index in [9.17, 15) is 5.11 Å². The second-order valence-corrected chi connectivity index (χ2v) is 3.34. The molecule has 0 spiro atoms. The maximum Gasteiger partial charge on any atom is 0.114 e. The summed E-state index contributed by atoms with van der Waals surface area (Å²) in [6, 6.07) is 0.207. The Morgan fingerprint density at radius 3 is 2.64 bits per heavy atom. The third kappa shape index (κ3) is 2.15. The molecule has 1 radical (unpaired) electrons. The Labute approximate surface area is 68.0 Å². The standard InChI is InChI=1S/C8H16NO2/c1-6-4-7(9(2)3)8(10)5-11-6/h5-8,10H,4H2,1-3H3/t6-,7+,8+/m1/s1. The molecule has 1 saturated heterocycles. The average molecular weight is 158 g/mol. The second-order valence-electron chi connectivity index (χ2n) is 3.34. The molecule has 0 aromatic rings. The number of hydrogen-bond acceptors (Lipinski definition) is 3. The van der Waals surface area contributed by atoms with Crippen LogP contribution in [0.5, 0.6) is 0 Å². The van der Waals surface area contributed by atoms with Crippen molar-refractivity contribution in [1.29, 1.82) is 0 Å². The lowest BCUT2D eigenvalue weighted by Gasteiger charge is -2.35. The van der Waals surface area contributed by atoms with E-state index in [2.05, 4.69) is 0 Å². The van der Waals surface area contributed by atoms with Crippen LogP contribution in [0.1, 0.15) is 13.3 Å². The van der Waals surface area contributed by atoms with Crippen molar-refractivity contribution in [3.63, 3.8) is 0 Å². The van der Waals surface area contributed by atoms with Crippen LogP contribution in [0, 0.1) is 6.61 Å². The van der Waals surface area contributed by atoms with Crippen molar-refractivity contribution in [2.24, 2.45) is 0 Å². The molecule has 0 saturated carbocycles. The molecule has 1 aliphatic rings. The summed E-state index contributed by atoms with van der Waals surface area (Å²) in [7, 11) is 3.94. The Kier molecular flexibility index (Phi) is 2.87. The topological polar surface area (TPSA) is 32.7 Å². The highest BCUT2D eigenvalue weighted by molar-refractivity contribution is 4.87. The van der Waals surface area contributed by atoms with Crippen molar-refractivity contribution in [3.05, 3.63) is 6.61 Å². The average Bonchev–Trinajstić information content (AvgIpc) is 1.94. The first-order chi connectivity index (χ1) is 5.11. The summed E-state index contributed by atoms with van der Waals surface area (Å²) in [6.07, 6.45) is 0.678. The Morgan fingerprint density at radius 1 is 1.55 bits per heavy atom. The minimum absolute atomic E-state index is 0.207. The Balaban J connectivity index is 2.47. The highest BCUT2D eigenvalue weighted by atomic mass is 16.5. The fraction of sp³-hybridized carbons (Fsp3) is 0.875. The molecule has 3 nitrogen and oxygen atoms in total. The first-order valence-electron chi connectivity index (χ1n) is 3.94. The number of ether oxygens (including phenoxy) is 1. The first kappa shape index (κ1) is 8.97. The lowest BCUT2D eigenvalue weighted by molar-refractivity contribution is -0.0466. The number of aliphatic hydroxyl groups excluding tert-OH is 1. The Morgan fingerprint density at radius 2 is 2.18 bits per heavy atom. The summed E-state index contributed by atoms with van der Waals surface area (Å²) in [4.78, 5) is 2.03. The molecule has 65 valence electrons. The highest BCUT2D eigenvalue weighted by Crippen LogP contribution is 2.19. The van der Waals surface area contributed by atoms with E-state index in [4.69, 9.17) is 4.74 Å². The van der Waals surface area contributed by atoms with Crippen molar-refractivity contribution in [3.8, 4) is 0 Å². The van der Waals surface area contributed by atoms with Crippen molar-refractivity contribution >= 4 is 0 Å². The van der Waals surface area contributed by atoms with Gasteiger partial charge in [0.05, 0.1) is 12.2 Å². The van der Waals surface area contributed by atoms with Gasteiger partial charge >= 0.3 is 0 Å². The minimum Gasteiger partial charge on any atom is -0.389 e. The zero-order valence-corrected chi connectivity index (χ0v) is 7.32. The molecule has 0 amide bonds. The highest BCUT2D eigenvalue weighted by Gasteiger charge is 2.29. The van der Waals surface area contributed by atoms with Crippen LogP contribution in [0.3, 0.4) is 0 Å². The van der Waals surface area contributed by atoms with Gasteiger partial charge in [-0.1, -0.05) is 0 Å². The molecule has 1 heterocycles. The van der Waals surface area contributed by atoms with Gasteiger partial charge in [0.15, 0.2) is 0 Å². The van der Waals surface area contributed by atoms with E-state index in [0.29, 0.717) is 0 Å². The maximum atomic E-state index is 9.43. The van der Waals surface area contributed by atoms with Gasteiger partial charge in [0.1, 0.15) is 6.61 Å². The largest absolute Gasteiger partial charge is 0.389 e. The fourth-order valence-electron chi connectivity index (χ4n) is 1.36. The molecule has 1 rings (SSSR count). The van der Waals surface area contributed by atoms with E-state index in [1.165, 1.54) is 6.61 Å². The third-order valence-electron chi connectivity index (χ3n) is 2.08. The van der Waals surface area contributed by atoms with Gasteiger partial charge in [-0.25, -0.2) is 0 Å². The summed E-state index contributed by atoms with van der Waals surface area (Å²) in [6.45, 7) is 3.54. The van der Waals surface area contributed by atoms with Crippen LogP contribution < -0.4 is 0 Å². The molecule has 11 heavy (non-hydrogen) atoms. The van der Waals surface area contributed by atoms with Crippen LogP contribution in [0.4, 0.5) is 0 Å².